The molecule has 1 aliphatic rings. The molecule has 0 aliphatic carbocycles. The van der Waals surface area contributed by atoms with Gasteiger partial charge in [0.1, 0.15) is 33.3 Å². The summed E-state index contributed by atoms with van der Waals surface area (Å²) in [6.07, 6.45) is -1.75. The zero-order valence-electron chi connectivity index (χ0n) is 18.5. The number of aryl methyl sites for hydroxylation is 2. The van der Waals surface area contributed by atoms with E-state index in [4.69, 9.17) is 10.5 Å². The van der Waals surface area contributed by atoms with Crippen molar-refractivity contribution >= 4 is 27.2 Å². The Morgan fingerprint density at radius 2 is 1.66 bits per heavy atom. The van der Waals surface area contributed by atoms with E-state index in [1.807, 2.05) is 11.5 Å². The van der Waals surface area contributed by atoms with Crippen LogP contribution < -0.4 is 5.73 Å². The lowest BCUT2D eigenvalue weighted by atomic mass is 9.50. The number of fused-ring (bicyclic) bond motifs is 1. The number of rotatable bonds is 2. The van der Waals surface area contributed by atoms with Crippen molar-refractivity contribution in [3.05, 3.63) is 11.6 Å². The molecule has 1 fully saturated rings. The van der Waals surface area contributed by atoms with Crippen LogP contribution in [-0.2, 0) is 10.1 Å². The van der Waals surface area contributed by atoms with Gasteiger partial charge in [-0.05, 0) is 24.7 Å². The molecule has 8 nitrogen and oxygen atoms in total. The predicted molar refractivity (Wildman–Crippen MR) is 112 cm³/mol. The van der Waals surface area contributed by atoms with Crippen LogP contribution in [0.2, 0.25) is 0 Å². The Morgan fingerprint density at radius 1 is 1.10 bits per heavy atom. The molecule has 1 aliphatic heterocycles. The van der Waals surface area contributed by atoms with Gasteiger partial charge in [-0.2, -0.15) is 0 Å². The Labute approximate surface area is 175 Å². The van der Waals surface area contributed by atoms with Crippen LogP contribution in [0.15, 0.2) is 0 Å². The van der Waals surface area contributed by atoms with Gasteiger partial charge in [0.05, 0.1) is 18.1 Å². The number of nitrogens with two attached hydrogens (primary N) is 1. The van der Waals surface area contributed by atoms with Crippen molar-refractivity contribution in [3.8, 4) is 0 Å². The SMILES string of the molecule is Cc1nc(N)c2nc(C)n([C@]3([Si])O[C@H](CO)[C@@H](O)C3(C(C)(C)C)C(C)(C)C)c2n1. The van der Waals surface area contributed by atoms with Crippen LogP contribution >= 0.6 is 0 Å². The molecule has 0 spiro atoms. The summed E-state index contributed by atoms with van der Waals surface area (Å²) in [5.74, 6) is 1.42. The minimum absolute atomic E-state index is 0.291. The molecule has 3 radical (unpaired) electrons. The molecule has 3 atom stereocenters. The normalized spacial score (nSPS) is 27.7. The molecule has 2 aromatic heterocycles. The van der Waals surface area contributed by atoms with E-state index in [1.165, 1.54) is 0 Å². The van der Waals surface area contributed by atoms with Crippen molar-refractivity contribution in [2.45, 2.75) is 72.9 Å². The molecule has 1 saturated heterocycles. The Morgan fingerprint density at radius 3 is 2.14 bits per heavy atom. The number of nitrogen functional groups attached to an aromatic ring is 1. The molecule has 4 N–H and O–H groups in total. The summed E-state index contributed by atoms with van der Waals surface area (Å²) in [5.41, 5.74) is 5.34. The molecule has 3 rings (SSSR count). The first-order valence-electron chi connectivity index (χ1n) is 9.85. The third-order valence-electron chi connectivity index (χ3n) is 6.33. The Balaban J connectivity index is 2.49. The summed E-state index contributed by atoms with van der Waals surface area (Å²) in [4.78, 5) is 13.4. The van der Waals surface area contributed by atoms with Gasteiger partial charge in [-0.25, -0.2) is 15.0 Å². The Bertz CT molecular complexity index is 932. The van der Waals surface area contributed by atoms with Crippen molar-refractivity contribution in [1.29, 1.82) is 0 Å². The molecule has 2 aromatic rings. The topological polar surface area (TPSA) is 119 Å². The fourth-order valence-corrected chi connectivity index (χ4v) is 7.15. The van der Waals surface area contributed by atoms with Gasteiger partial charge in [-0.3, -0.25) is 4.57 Å². The van der Waals surface area contributed by atoms with Crippen LogP contribution in [0, 0.1) is 30.1 Å². The number of anilines is 1. The fourth-order valence-electron chi connectivity index (χ4n) is 5.83. The lowest BCUT2D eigenvalue weighted by Gasteiger charge is -2.60. The fraction of sp³-hybridized carbons (Fsp3) is 0.750. The smallest absolute Gasteiger partial charge is 0.168 e. The molecule has 29 heavy (non-hydrogen) atoms. The summed E-state index contributed by atoms with van der Waals surface area (Å²) in [7, 11) is 3.97. The van der Waals surface area contributed by atoms with Crippen molar-refractivity contribution in [2.24, 2.45) is 16.2 Å². The lowest BCUT2D eigenvalue weighted by Crippen LogP contribution is -2.65. The number of aliphatic hydroxyl groups excluding tert-OH is 2. The first-order chi connectivity index (χ1) is 13.1. The molecular weight excluding hydrogens is 386 g/mol. The first kappa shape index (κ1) is 22.1. The zero-order chi connectivity index (χ0) is 22.2. The van der Waals surface area contributed by atoms with E-state index in [0.717, 1.165) is 0 Å². The van der Waals surface area contributed by atoms with Crippen LogP contribution in [0.1, 0.15) is 53.2 Å². The molecule has 159 valence electrons. The summed E-state index contributed by atoms with van der Waals surface area (Å²) < 4.78 is 8.27. The van der Waals surface area contributed by atoms with E-state index < -0.39 is 33.8 Å². The zero-order valence-corrected chi connectivity index (χ0v) is 19.5. The number of aliphatic hydroxyl groups is 2. The summed E-state index contributed by atoms with van der Waals surface area (Å²) in [6.45, 7) is 15.7. The van der Waals surface area contributed by atoms with Crippen LogP contribution in [0.5, 0.6) is 0 Å². The minimum atomic E-state index is -1.25. The highest BCUT2D eigenvalue weighted by Gasteiger charge is 2.73. The number of ether oxygens (including phenoxy) is 1. The monoisotopic (exact) mass is 418 g/mol. The average Bonchev–Trinajstić information content (AvgIpc) is 2.98. The third-order valence-corrected chi connectivity index (χ3v) is 7.06. The van der Waals surface area contributed by atoms with Crippen molar-refractivity contribution in [1.82, 2.24) is 19.5 Å². The molecule has 0 amide bonds. The second-order valence-corrected chi connectivity index (χ2v) is 10.7. The predicted octanol–water partition coefficient (Wildman–Crippen LogP) is 1.63. The summed E-state index contributed by atoms with van der Waals surface area (Å²) in [5, 5.41) is 20.3. The number of nitrogens with zero attached hydrogens (tertiary/aromatic N) is 4. The highest BCUT2D eigenvalue weighted by Crippen LogP contribution is 2.66. The molecule has 0 unspecified atom stereocenters. The molecule has 3 heterocycles. The van der Waals surface area contributed by atoms with Crippen LogP contribution in [0.3, 0.4) is 0 Å². The van der Waals surface area contributed by atoms with Crippen LogP contribution in [0.25, 0.3) is 11.2 Å². The maximum absolute atomic E-state index is 11.6. The van der Waals surface area contributed by atoms with Gasteiger partial charge in [0.25, 0.3) is 0 Å². The number of hydrogen-bond donors (Lipinski definition) is 3. The van der Waals surface area contributed by atoms with E-state index in [0.29, 0.717) is 28.6 Å². The van der Waals surface area contributed by atoms with Crippen LogP contribution in [-0.4, -0.2) is 58.8 Å². The molecule has 0 saturated carbocycles. The summed E-state index contributed by atoms with van der Waals surface area (Å²) >= 11 is 0. The Hall–Kier alpha value is -1.55. The van der Waals surface area contributed by atoms with E-state index in [9.17, 15) is 10.2 Å². The number of imidazole rings is 1. The van der Waals surface area contributed by atoms with Crippen molar-refractivity contribution in [3.63, 3.8) is 0 Å². The summed E-state index contributed by atoms with van der Waals surface area (Å²) in [6, 6.07) is 0. The van der Waals surface area contributed by atoms with Crippen molar-refractivity contribution < 1.29 is 14.9 Å². The quantitative estimate of drug-likeness (QED) is 0.634. The second-order valence-electron chi connectivity index (χ2n) is 10.1. The molecular formula is C20H32N5O3Si. The molecule has 0 bridgehead atoms. The van der Waals surface area contributed by atoms with Gasteiger partial charge in [0.2, 0.25) is 0 Å². The van der Waals surface area contributed by atoms with E-state index in [-0.39, 0.29) is 6.61 Å². The largest absolute Gasteiger partial charge is 0.394 e. The maximum atomic E-state index is 11.6. The second kappa shape index (κ2) is 6.47. The van der Waals surface area contributed by atoms with Gasteiger partial charge >= 0.3 is 0 Å². The standard InChI is InChI=1S/C20H32N5O3Si/c1-10-22-15(21)13-16(23-10)25(11(2)24-13)20(29)19(17(3,4)5,18(6,7)8)14(27)12(9-26)28-20/h12,14,26-27H,9H2,1-8H3,(H2,21,22,23)/t12-,14-,20+/m1/s1. The van der Waals surface area contributed by atoms with Gasteiger partial charge in [-0.1, -0.05) is 41.5 Å². The van der Waals surface area contributed by atoms with E-state index in [1.54, 1.807) is 6.92 Å². The van der Waals surface area contributed by atoms with Crippen molar-refractivity contribution in [2.75, 3.05) is 12.3 Å². The first-order valence-corrected chi connectivity index (χ1v) is 10.3. The van der Waals surface area contributed by atoms with Gasteiger partial charge in [-0.15, -0.1) is 0 Å². The lowest BCUT2D eigenvalue weighted by molar-refractivity contribution is -0.185. The maximum Gasteiger partial charge on any atom is 0.168 e. The van der Waals surface area contributed by atoms with Crippen LogP contribution in [0.4, 0.5) is 5.82 Å². The minimum Gasteiger partial charge on any atom is -0.394 e. The highest BCUT2D eigenvalue weighted by molar-refractivity contribution is 6.14. The average molecular weight is 419 g/mol. The van der Waals surface area contributed by atoms with E-state index >= 15 is 0 Å². The number of hydrogen-bond acceptors (Lipinski definition) is 7. The van der Waals surface area contributed by atoms with E-state index in [2.05, 4.69) is 66.7 Å². The Kier molecular flexibility index (Phi) is 4.94. The van der Waals surface area contributed by atoms with Gasteiger partial charge in [0.15, 0.2) is 17.0 Å². The molecule has 9 heteroatoms. The van der Waals surface area contributed by atoms with Gasteiger partial charge < -0.3 is 20.7 Å². The highest BCUT2D eigenvalue weighted by atomic mass is 28.1. The molecule has 0 aromatic carbocycles. The van der Waals surface area contributed by atoms with Gasteiger partial charge in [0, 0.05) is 0 Å². The number of aromatic nitrogens is 4. The third kappa shape index (κ3) is 2.70.